The van der Waals surface area contributed by atoms with E-state index in [1.165, 1.54) is 11.1 Å². The van der Waals surface area contributed by atoms with Crippen LogP contribution in [0.1, 0.15) is 30.0 Å². The molecule has 0 spiro atoms. The first-order chi connectivity index (χ1) is 13.1. The van der Waals surface area contributed by atoms with Crippen molar-refractivity contribution in [2.24, 2.45) is 4.99 Å². The number of rotatable bonds is 8. The van der Waals surface area contributed by atoms with Crippen molar-refractivity contribution in [1.82, 2.24) is 15.5 Å². The Kier molecular flexibility index (Phi) is 11.2. The van der Waals surface area contributed by atoms with Gasteiger partial charge in [0.25, 0.3) is 0 Å². The molecule has 0 heterocycles. The van der Waals surface area contributed by atoms with E-state index in [1.54, 1.807) is 4.90 Å². The monoisotopic (exact) mass is 494 g/mol. The summed E-state index contributed by atoms with van der Waals surface area (Å²) >= 11 is 0. The lowest BCUT2D eigenvalue weighted by atomic mass is 10.1. The Morgan fingerprint density at radius 1 is 1.04 bits per heavy atom. The number of hydrogen-bond acceptors (Lipinski definition) is 2. The first-order valence-corrected chi connectivity index (χ1v) is 9.44. The fourth-order valence-corrected chi connectivity index (χ4v) is 2.75. The highest BCUT2D eigenvalue weighted by Crippen LogP contribution is 2.05. The highest BCUT2D eigenvalue weighted by atomic mass is 127. The molecule has 0 fully saturated rings. The van der Waals surface area contributed by atoms with E-state index in [0.717, 1.165) is 18.1 Å². The molecule has 1 amide bonds. The minimum atomic E-state index is 0. The number of guanidine groups is 1. The molecule has 5 nitrogen and oxygen atoms in total. The van der Waals surface area contributed by atoms with E-state index in [0.29, 0.717) is 26.1 Å². The van der Waals surface area contributed by atoms with Crippen LogP contribution in [-0.4, -0.2) is 36.9 Å². The SMILES string of the molecule is CCNC(=NCc1cccc(C)c1)NCCC(=O)N(C)Cc1ccccc1.I. The number of aliphatic imine (C=N–C) groups is 1. The Bertz CT molecular complexity index is 749. The molecule has 0 unspecified atom stereocenters. The molecule has 0 aliphatic carbocycles. The fraction of sp³-hybridized carbons (Fsp3) is 0.364. The first kappa shape index (κ1) is 23.9. The van der Waals surface area contributed by atoms with Crippen molar-refractivity contribution in [2.45, 2.75) is 33.4 Å². The van der Waals surface area contributed by atoms with Crippen LogP contribution in [-0.2, 0) is 17.9 Å². The highest BCUT2D eigenvalue weighted by Gasteiger charge is 2.09. The summed E-state index contributed by atoms with van der Waals surface area (Å²) in [5.41, 5.74) is 3.54. The van der Waals surface area contributed by atoms with E-state index in [9.17, 15) is 4.79 Å². The second-order valence-corrected chi connectivity index (χ2v) is 6.60. The summed E-state index contributed by atoms with van der Waals surface area (Å²) in [6.07, 6.45) is 0.429. The summed E-state index contributed by atoms with van der Waals surface area (Å²) in [7, 11) is 1.84. The Labute approximate surface area is 185 Å². The second-order valence-electron chi connectivity index (χ2n) is 6.60. The summed E-state index contributed by atoms with van der Waals surface area (Å²) in [4.78, 5) is 18.7. The van der Waals surface area contributed by atoms with Gasteiger partial charge in [-0.05, 0) is 25.0 Å². The third-order valence-electron chi connectivity index (χ3n) is 4.17. The van der Waals surface area contributed by atoms with Gasteiger partial charge in [0.05, 0.1) is 6.54 Å². The van der Waals surface area contributed by atoms with Gasteiger partial charge in [-0.1, -0.05) is 60.2 Å². The Morgan fingerprint density at radius 2 is 1.75 bits per heavy atom. The molecule has 0 saturated heterocycles. The van der Waals surface area contributed by atoms with Gasteiger partial charge in [0.2, 0.25) is 5.91 Å². The zero-order chi connectivity index (χ0) is 19.5. The quantitative estimate of drug-likeness (QED) is 0.334. The average Bonchev–Trinajstić information content (AvgIpc) is 2.67. The number of nitrogens with one attached hydrogen (secondary N) is 2. The molecule has 0 radical (unpaired) electrons. The standard InChI is InChI=1S/C22H30N4O.HI/c1-4-23-22(25-16-20-12-8-9-18(2)15-20)24-14-13-21(27)26(3)17-19-10-6-5-7-11-19;/h5-12,15H,4,13-14,16-17H2,1-3H3,(H2,23,24,25);1H. The zero-order valence-electron chi connectivity index (χ0n) is 16.9. The summed E-state index contributed by atoms with van der Waals surface area (Å²) in [5, 5.41) is 6.47. The van der Waals surface area contributed by atoms with E-state index in [4.69, 9.17) is 0 Å². The number of carbonyl (C=O) groups is 1. The number of amides is 1. The van der Waals surface area contributed by atoms with Crippen LogP contribution in [0.4, 0.5) is 0 Å². The number of aryl methyl sites for hydroxylation is 1. The number of nitrogens with zero attached hydrogens (tertiary/aromatic N) is 2. The van der Waals surface area contributed by atoms with Crippen LogP contribution in [0, 0.1) is 6.92 Å². The summed E-state index contributed by atoms with van der Waals surface area (Å²) < 4.78 is 0. The molecule has 0 saturated carbocycles. The van der Waals surface area contributed by atoms with E-state index < -0.39 is 0 Å². The third kappa shape index (κ3) is 8.73. The van der Waals surface area contributed by atoms with Gasteiger partial charge in [-0.15, -0.1) is 24.0 Å². The fourth-order valence-electron chi connectivity index (χ4n) is 2.75. The molecule has 152 valence electrons. The molecule has 2 aromatic rings. The van der Waals surface area contributed by atoms with Crippen molar-refractivity contribution >= 4 is 35.8 Å². The average molecular weight is 494 g/mol. The molecular weight excluding hydrogens is 463 g/mol. The van der Waals surface area contributed by atoms with Gasteiger partial charge in [0.15, 0.2) is 5.96 Å². The van der Waals surface area contributed by atoms with E-state index >= 15 is 0 Å². The van der Waals surface area contributed by atoms with Crippen molar-refractivity contribution in [3.8, 4) is 0 Å². The molecule has 0 bridgehead atoms. The van der Waals surface area contributed by atoms with Crippen molar-refractivity contribution in [3.63, 3.8) is 0 Å². The maximum atomic E-state index is 12.3. The summed E-state index contributed by atoms with van der Waals surface area (Å²) in [6, 6.07) is 18.3. The van der Waals surface area contributed by atoms with Crippen molar-refractivity contribution in [3.05, 3.63) is 71.3 Å². The van der Waals surface area contributed by atoms with Crippen LogP contribution < -0.4 is 10.6 Å². The molecule has 2 aromatic carbocycles. The van der Waals surface area contributed by atoms with Gasteiger partial charge in [-0.2, -0.15) is 0 Å². The smallest absolute Gasteiger partial charge is 0.224 e. The van der Waals surface area contributed by atoms with Gasteiger partial charge < -0.3 is 15.5 Å². The lowest BCUT2D eigenvalue weighted by Crippen LogP contribution is -2.39. The maximum absolute atomic E-state index is 12.3. The Balaban J connectivity index is 0.00000392. The first-order valence-electron chi connectivity index (χ1n) is 9.44. The van der Waals surface area contributed by atoms with Crippen molar-refractivity contribution in [2.75, 3.05) is 20.1 Å². The molecule has 2 rings (SSSR count). The molecule has 0 aromatic heterocycles. The normalized spacial score (nSPS) is 10.8. The molecule has 0 aliphatic heterocycles. The molecule has 0 atom stereocenters. The lowest BCUT2D eigenvalue weighted by Gasteiger charge is -2.18. The number of hydrogen-bond donors (Lipinski definition) is 2. The largest absolute Gasteiger partial charge is 0.357 e. The molecule has 0 aliphatic rings. The number of carbonyl (C=O) groups excluding carboxylic acids is 1. The lowest BCUT2D eigenvalue weighted by molar-refractivity contribution is -0.130. The van der Waals surface area contributed by atoms with Crippen LogP contribution in [0.2, 0.25) is 0 Å². The molecular formula is C22H31IN4O. The van der Waals surface area contributed by atoms with Crippen LogP contribution in [0.5, 0.6) is 0 Å². The number of benzene rings is 2. The molecule has 2 N–H and O–H groups in total. The molecule has 6 heteroatoms. The highest BCUT2D eigenvalue weighted by molar-refractivity contribution is 14.0. The topological polar surface area (TPSA) is 56.7 Å². The van der Waals surface area contributed by atoms with Crippen molar-refractivity contribution in [1.29, 1.82) is 0 Å². The maximum Gasteiger partial charge on any atom is 0.224 e. The van der Waals surface area contributed by atoms with Gasteiger partial charge in [-0.3, -0.25) is 4.79 Å². The van der Waals surface area contributed by atoms with Crippen molar-refractivity contribution < 1.29 is 4.79 Å². The van der Waals surface area contributed by atoms with Gasteiger partial charge in [-0.25, -0.2) is 4.99 Å². The molecule has 28 heavy (non-hydrogen) atoms. The van der Waals surface area contributed by atoms with E-state index in [1.807, 2.05) is 50.4 Å². The third-order valence-corrected chi connectivity index (χ3v) is 4.17. The Morgan fingerprint density at radius 3 is 2.43 bits per heavy atom. The van der Waals surface area contributed by atoms with Crippen LogP contribution >= 0.6 is 24.0 Å². The number of halogens is 1. The summed E-state index contributed by atoms with van der Waals surface area (Å²) in [5.74, 6) is 0.846. The van der Waals surface area contributed by atoms with Crippen LogP contribution in [0.3, 0.4) is 0 Å². The van der Waals surface area contributed by atoms with Gasteiger partial charge >= 0.3 is 0 Å². The minimum absolute atomic E-state index is 0. The Hall–Kier alpha value is -2.09. The van der Waals surface area contributed by atoms with E-state index in [-0.39, 0.29) is 29.9 Å². The van der Waals surface area contributed by atoms with E-state index in [2.05, 4.69) is 40.7 Å². The van der Waals surface area contributed by atoms with Crippen LogP contribution in [0.25, 0.3) is 0 Å². The zero-order valence-corrected chi connectivity index (χ0v) is 19.3. The second kappa shape index (κ2) is 13.1. The van der Waals surface area contributed by atoms with Gasteiger partial charge in [0, 0.05) is 33.1 Å². The minimum Gasteiger partial charge on any atom is -0.357 e. The van der Waals surface area contributed by atoms with Gasteiger partial charge in [0.1, 0.15) is 0 Å². The summed E-state index contributed by atoms with van der Waals surface area (Å²) in [6.45, 7) is 6.68. The predicted octanol–water partition coefficient (Wildman–Crippen LogP) is 3.72. The predicted molar refractivity (Wildman–Crippen MR) is 127 cm³/mol. The van der Waals surface area contributed by atoms with Crippen LogP contribution in [0.15, 0.2) is 59.6 Å².